The number of unbranched alkanes of at least 4 members (excludes halogenated alkanes) is 47. The predicted molar refractivity (Wildman–Crippen MR) is 382 cm³/mol. The highest BCUT2D eigenvalue weighted by molar-refractivity contribution is 7.47. The molecule has 0 saturated heterocycles. The zero-order valence-electron chi connectivity index (χ0n) is 61.1. The Labute approximate surface area is 575 Å². The summed E-state index contributed by atoms with van der Waals surface area (Å²) >= 11 is 0. The molecule has 558 valence electrons. The van der Waals surface area contributed by atoms with E-state index in [0.29, 0.717) is 25.7 Å². The summed E-state index contributed by atoms with van der Waals surface area (Å²) in [7, 11) is -9.90. The van der Waals surface area contributed by atoms with Crippen molar-refractivity contribution in [3.8, 4) is 0 Å². The fourth-order valence-corrected chi connectivity index (χ4v) is 13.1. The molecule has 17 nitrogen and oxygen atoms in total. The highest BCUT2D eigenvalue weighted by Crippen LogP contribution is 2.45. The zero-order valence-corrected chi connectivity index (χ0v) is 62.9. The van der Waals surface area contributed by atoms with Crippen LogP contribution in [-0.2, 0) is 65.4 Å². The van der Waals surface area contributed by atoms with E-state index in [2.05, 4.69) is 34.6 Å². The van der Waals surface area contributed by atoms with Crippen LogP contribution in [0.5, 0.6) is 0 Å². The van der Waals surface area contributed by atoms with Gasteiger partial charge in [-0.15, -0.1) is 0 Å². The first-order chi connectivity index (χ1) is 45.5. The van der Waals surface area contributed by atoms with Crippen LogP contribution in [0.4, 0.5) is 0 Å². The van der Waals surface area contributed by atoms with Crippen LogP contribution in [0.25, 0.3) is 0 Å². The molecular weight excluding hydrogens is 1230 g/mol. The molecule has 94 heavy (non-hydrogen) atoms. The van der Waals surface area contributed by atoms with Crippen LogP contribution >= 0.6 is 15.6 Å². The number of aliphatic hydroxyl groups is 1. The first kappa shape index (κ1) is 92.1. The number of rotatable bonds is 75. The van der Waals surface area contributed by atoms with E-state index in [4.69, 9.17) is 37.0 Å². The summed E-state index contributed by atoms with van der Waals surface area (Å²) in [6.07, 6.45) is 57.0. The van der Waals surface area contributed by atoms with E-state index in [9.17, 15) is 43.2 Å². The van der Waals surface area contributed by atoms with Crippen LogP contribution in [0.3, 0.4) is 0 Å². The Hall–Kier alpha value is -1.94. The minimum absolute atomic E-state index is 0.107. The van der Waals surface area contributed by atoms with Crippen LogP contribution in [0.1, 0.15) is 394 Å². The van der Waals surface area contributed by atoms with E-state index in [1.54, 1.807) is 0 Å². The predicted octanol–water partition coefficient (Wildman–Crippen LogP) is 22.1. The van der Waals surface area contributed by atoms with E-state index >= 15 is 0 Å². The van der Waals surface area contributed by atoms with E-state index in [0.717, 1.165) is 95.8 Å². The lowest BCUT2D eigenvalue weighted by molar-refractivity contribution is -0.161. The molecule has 0 amide bonds. The molecule has 0 heterocycles. The second-order valence-corrected chi connectivity index (χ2v) is 30.4. The Bertz CT molecular complexity index is 1810. The summed E-state index contributed by atoms with van der Waals surface area (Å²) in [5, 5.41) is 10.6. The smallest absolute Gasteiger partial charge is 0.462 e. The van der Waals surface area contributed by atoms with E-state index < -0.39 is 97.5 Å². The van der Waals surface area contributed by atoms with Crippen LogP contribution in [0, 0.1) is 5.92 Å². The molecule has 0 aromatic rings. The van der Waals surface area contributed by atoms with Crippen molar-refractivity contribution >= 4 is 39.5 Å². The van der Waals surface area contributed by atoms with Gasteiger partial charge >= 0.3 is 39.5 Å². The van der Waals surface area contributed by atoms with Crippen LogP contribution < -0.4 is 0 Å². The van der Waals surface area contributed by atoms with Gasteiger partial charge < -0.3 is 33.8 Å². The van der Waals surface area contributed by atoms with Crippen molar-refractivity contribution in [3.05, 3.63) is 0 Å². The number of phosphoric acid groups is 2. The summed E-state index contributed by atoms with van der Waals surface area (Å²) < 4.78 is 68.4. The minimum atomic E-state index is -4.95. The van der Waals surface area contributed by atoms with Gasteiger partial charge in [0.05, 0.1) is 26.4 Å². The molecule has 0 radical (unpaired) electrons. The Morgan fingerprint density at radius 1 is 0.287 bits per heavy atom. The number of carbonyl (C=O) groups is 4. The number of aliphatic hydroxyl groups excluding tert-OH is 1. The number of ether oxygens (including phenoxy) is 4. The molecule has 3 N–H and O–H groups in total. The number of hydrogen-bond donors (Lipinski definition) is 3. The maximum Gasteiger partial charge on any atom is 0.472 e. The highest BCUT2D eigenvalue weighted by Gasteiger charge is 2.30. The van der Waals surface area contributed by atoms with Crippen molar-refractivity contribution in [2.75, 3.05) is 39.6 Å². The maximum atomic E-state index is 13.1. The SMILES string of the molecule is CCCCCCCCCCCCCCCCCCCCCCCCC(=O)O[C@H](COC(=O)CCCCCCCCCCCCC(C)C)COP(=O)(O)OC[C@@H](O)COP(=O)(O)OC[C@@H](COC(=O)CCCCCCCCCCC)OC(=O)CCCCCCCCCCCC. The van der Waals surface area contributed by atoms with Crippen LogP contribution in [0.2, 0.25) is 0 Å². The molecule has 0 saturated carbocycles. The molecule has 0 aliphatic heterocycles. The molecule has 2 unspecified atom stereocenters. The molecule has 5 atom stereocenters. The molecule has 0 aromatic heterocycles. The standard InChI is InChI=1S/C75H146O17P2/c1-6-9-12-15-18-21-23-24-25-26-27-28-29-30-31-32-33-34-41-46-51-56-61-75(80)92-71(65-86-73(78)59-54-49-44-40-36-35-38-42-47-52-57-68(4)5)67-90-94(83,84)88-63-69(76)62-87-93(81,82)89-66-70(64-85-72(77)58-53-48-43-37-20-17-14-11-8-3)91-74(79)60-55-50-45-39-22-19-16-13-10-7-2/h68-71,76H,6-67H2,1-5H3,(H,81,82)(H,83,84)/t69-,70+,71+/m0/s1. The van der Waals surface area contributed by atoms with E-state index in [1.165, 1.54) is 218 Å². The second kappa shape index (κ2) is 68.2. The van der Waals surface area contributed by atoms with Gasteiger partial charge in [-0.3, -0.25) is 37.3 Å². The van der Waals surface area contributed by atoms with Gasteiger partial charge in [0.2, 0.25) is 0 Å². The monoisotopic (exact) mass is 1380 g/mol. The fraction of sp³-hybridized carbons (Fsp3) is 0.947. The Kier molecular flexibility index (Phi) is 66.8. The quantitative estimate of drug-likeness (QED) is 0.0222. The topological polar surface area (TPSA) is 237 Å². The number of carbonyl (C=O) groups excluding carboxylic acids is 4. The highest BCUT2D eigenvalue weighted by atomic mass is 31.2. The average Bonchev–Trinajstić information content (AvgIpc) is 2.83. The summed E-state index contributed by atoms with van der Waals surface area (Å²) in [5.74, 6) is -1.36. The molecule has 0 bridgehead atoms. The van der Waals surface area contributed by atoms with E-state index in [1.807, 2.05) is 0 Å². The van der Waals surface area contributed by atoms with Crippen molar-refractivity contribution in [1.82, 2.24) is 0 Å². The van der Waals surface area contributed by atoms with Crippen molar-refractivity contribution in [2.24, 2.45) is 5.92 Å². The minimum Gasteiger partial charge on any atom is -0.462 e. The first-order valence-corrected chi connectivity index (χ1v) is 42.1. The number of phosphoric ester groups is 2. The normalized spacial score (nSPS) is 14.0. The first-order valence-electron chi connectivity index (χ1n) is 39.1. The van der Waals surface area contributed by atoms with Gasteiger partial charge in [0.25, 0.3) is 0 Å². The van der Waals surface area contributed by atoms with Crippen molar-refractivity contribution < 1.29 is 80.2 Å². The van der Waals surface area contributed by atoms with Gasteiger partial charge in [0.1, 0.15) is 19.3 Å². The second-order valence-electron chi connectivity index (χ2n) is 27.5. The lowest BCUT2D eigenvalue weighted by Gasteiger charge is -2.21. The molecule has 0 rings (SSSR count). The van der Waals surface area contributed by atoms with Gasteiger partial charge in [-0.05, 0) is 31.6 Å². The third-order valence-electron chi connectivity index (χ3n) is 17.5. The number of hydrogen-bond acceptors (Lipinski definition) is 15. The van der Waals surface area contributed by atoms with Crippen molar-refractivity contribution in [2.45, 2.75) is 412 Å². The molecule has 0 spiro atoms. The van der Waals surface area contributed by atoms with Gasteiger partial charge in [-0.2, -0.15) is 0 Å². The van der Waals surface area contributed by atoms with Gasteiger partial charge in [-0.25, -0.2) is 9.13 Å². The molecule has 19 heteroatoms. The van der Waals surface area contributed by atoms with E-state index in [-0.39, 0.29) is 25.7 Å². The summed E-state index contributed by atoms with van der Waals surface area (Å²) in [6, 6.07) is 0. The molecule has 0 aliphatic carbocycles. The lowest BCUT2D eigenvalue weighted by Crippen LogP contribution is -2.30. The van der Waals surface area contributed by atoms with Crippen LogP contribution in [-0.4, -0.2) is 96.7 Å². The van der Waals surface area contributed by atoms with Gasteiger partial charge in [0.15, 0.2) is 12.2 Å². The third-order valence-corrected chi connectivity index (χ3v) is 19.4. The summed E-state index contributed by atoms with van der Waals surface area (Å²) in [6.45, 7) is 7.25. The zero-order chi connectivity index (χ0) is 69.1. The number of esters is 4. The fourth-order valence-electron chi connectivity index (χ4n) is 11.5. The Morgan fingerprint density at radius 2 is 0.489 bits per heavy atom. The third kappa shape index (κ3) is 68.6. The largest absolute Gasteiger partial charge is 0.472 e. The van der Waals surface area contributed by atoms with Crippen molar-refractivity contribution in [3.63, 3.8) is 0 Å². The van der Waals surface area contributed by atoms with Crippen molar-refractivity contribution in [1.29, 1.82) is 0 Å². The lowest BCUT2D eigenvalue weighted by atomic mass is 10.0. The molecular formula is C75H146O17P2. The Balaban J connectivity index is 5.15. The Morgan fingerprint density at radius 3 is 0.723 bits per heavy atom. The van der Waals surface area contributed by atoms with Crippen LogP contribution in [0.15, 0.2) is 0 Å². The maximum absolute atomic E-state index is 13.1. The van der Waals surface area contributed by atoms with Gasteiger partial charge in [-0.1, -0.05) is 343 Å². The molecule has 0 aliphatic rings. The summed E-state index contributed by atoms with van der Waals surface area (Å²) in [5.41, 5.74) is 0. The molecule has 0 fully saturated rings. The average molecular weight is 1380 g/mol. The molecule has 0 aromatic carbocycles. The van der Waals surface area contributed by atoms with Gasteiger partial charge in [0, 0.05) is 25.7 Å². The summed E-state index contributed by atoms with van der Waals surface area (Å²) in [4.78, 5) is 72.6.